The molecule has 0 radical (unpaired) electrons. The summed E-state index contributed by atoms with van der Waals surface area (Å²) in [5.41, 5.74) is 1.13. The number of amides is 1. The third-order valence-corrected chi connectivity index (χ3v) is 4.74. The molecule has 1 atom stereocenters. The SMILES string of the molecule is CCNC(=NCC(C)Oc1ccccc1C)N1CCN(CC(=O)NC(C)C)CC1. The zero-order valence-corrected chi connectivity index (χ0v) is 18.6. The molecule has 1 aliphatic rings. The maximum absolute atomic E-state index is 12.0. The summed E-state index contributed by atoms with van der Waals surface area (Å²) >= 11 is 0. The second-order valence-corrected chi connectivity index (χ2v) is 7.87. The van der Waals surface area contributed by atoms with Gasteiger partial charge in [-0.05, 0) is 46.2 Å². The first kappa shape index (κ1) is 23.0. The lowest BCUT2D eigenvalue weighted by Gasteiger charge is -2.36. The summed E-state index contributed by atoms with van der Waals surface area (Å²) in [5, 5.41) is 6.34. The van der Waals surface area contributed by atoms with Crippen LogP contribution in [0.3, 0.4) is 0 Å². The molecular weight excluding hydrogens is 366 g/mol. The topological polar surface area (TPSA) is 69.2 Å². The van der Waals surface area contributed by atoms with Crippen LogP contribution in [-0.2, 0) is 4.79 Å². The minimum absolute atomic E-state index is 0.00854. The molecule has 0 saturated carbocycles. The Morgan fingerprint density at radius 1 is 1.17 bits per heavy atom. The van der Waals surface area contributed by atoms with E-state index in [0.29, 0.717) is 13.1 Å². The number of hydrogen-bond acceptors (Lipinski definition) is 4. The van der Waals surface area contributed by atoms with Gasteiger partial charge >= 0.3 is 0 Å². The average Bonchev–Trinajstić information content (AvgIpc) is 2.67. The molecule has 7 heteroatoms. The van der Waals surface area contributed by atoms with Crippen LogP contribution in [0.5, 0.6) is 5.75 Å². The maximum atomic E-state index is 12.0. The van der Waals surface area contributed by atoms with Crippen molar-refractivity contribution in [3.05, 3.63) is 29.8 Å². The van der Waals surface area contributed by atoms with Crippen molar-refractivity contribution in [2.45, 2.75) is 46.8 Å². The molecule has 1 fully saturated rings. The van der Waals surface area contributed by atoms with Gasteiger partial charge in [0.15, 0.2) is 5.96 Å². The number of nitrogens with one attached hydrogen (secondary N) is 2. The molecule has 1 aliphatic heterocycles. The lowest BCUT2D eigenvalue weighted by molar-refractivity contribution is -0.123. The lowest BCUT2D eigenvalue weighted by atomic mass is 10.2. The lowest BCUT2D eigenvalue weighted by Crippen LogP contribution is -2.54. The van der Waals surface area contributed by atoms with Crippen LogP contribution in [0.2, 0.25) is 0 Å². The minimum atomic E-state index is -0.00854. The molecule has 1 aromatic rings. The van der Waals surface area contributed by atoms with Crippen LogP contribution in [-0.4, -0.2) is 79.6 Å². The van der Waals surface area contributed by atoms with E-state index in [-0.39, 0.29) is 18.1 Å². The van der Waals surface area contributed by atoms with E-state index in [4.69, 9.17) is 9.73 Å². The number of ether oxygens (including phenoxy) is 1. The molecule has 1 saturated heterocycles. The average molecular weight is 404 g/mol. The van der Waals surface area contributed by atoms with Crippen LogP contribution < -0.4 is 15.4 Å². The van der Waals surface area contributed by atoms with Crippen molar-refractivity contribution in [2.75, 3.05) is 45.8 Å². The van der Waals surface area contributed by atoms with Crippen LogP contribution in [0.4, 0.5) is 0 Å². The number of hydrogen-bond donors (Lipinski definition) is 2. The van der Waals surface area contributed by atoms with Gasteiger partial charge in [-0.2, -0.15) is 0 Å². The van der Waals surface area contributed by atoms with Crippen molar-refractivity contribution in [1.82, 2.24) is 20.4 Å². The number of benzene rings is 1. The second kappa shape index (κ2) is 11.7. The molecule has 0 aromatic heterocycles. The predicted molar refractivity (Wildman–Crippen MR) is 119 cm³/mol. The van der Waals surface area contributed by atoms with Crippen molar-refractivity contribution >= 4 is 11.9 Å². The highest BCUT2D eigenvalue weighted by Crippen LogP contribution is 2.17. The molecule has 162 valence electrons. The summed E-state index contributed by atoms with van der Waals surface area (Å²) in [7, 11) is 0. The standard InChI is InChI=1S/C22H37N5O2/c1-6-23-22(24-15-19(5)29-20-10-8-7-9-18(20)4)27-13-11-26(12-14-27)16-21(28)25-17(2)3/h7-10,17,19H,6,11-16H2,1-5H3,(H,23,24)(H,25,28). The van der Waals surface area contributed by atoms with Gasteiger partial charge in [0.2, 0.25) is 5.91 Å². The molecule has 1 heterocycles. The van der Waals surface area contributed by atoms with E-state index < -0.39 is 0 Å². The van der Waals surface area contributed by atoms with E-state index in [1.165, 1.54) is 0 Å². The first-order chi connectivity index (χ1) is 13.9. The molecule has 1 unspecified atom stereocenters. The summed E-state index contributed by atoms with van der Waals surface area (Å²) in [6.07, 6.45) is -0.00854. The number of aliphatic imine (C=N–C) groups is 1. The van der Waals surface area contributed by atoms with Crippen molar-refractivity contribution in [2.24, 2.45) is 4.99 Å². The summed E-state index contributed by atoms with van der Waals surface area (Å²) in [4.78, 5) is 21.2. The highest BCUT2D eigenvalue weighted by Gasteiger charge is 2.21. The fourth-order valence-corrected chi connectivity index (χ4v) is 3.27. The van der Waals surface area contributed by atoms with Crippen molar-refractivity contribution < 1.29 is 9.53 Å². The number of para-hydroxylation sites is 1. The largest absolute Gasteiger partial charge is 0.489 e. The molecule has 0 aliphatic carbocycles. The Balaban J connectivity index is 1.86. The van der Waals surface area contributed by atoms with Gasteiger partial charge in [-0.3, -0.25) is 9.69 Å². The zero-order chi connectivity index (χ0) is 21.2. The van der Waals surface area contributed by atoms with Gasteiger partial charge in [-0.25, -0.2) is 4.99 Å². The first-order valence-corrected chi connectivity index (χ1v) is 10.7. The van der Waals surface area contributed by atoms with E-state index in [0.717, 1.165) is 50.0 Å². The van der Waals surface area contributed by atoms with Crippen molar-refractivity contribution in [1.29, 1.82) is 0 Å². The van der Waals surface area contributed by atoms with Crippen LogP contribution >= 0.6 is 0 Å². The summed E-state index contributed by atoms with van der Waals surface area (Å²) in [6.45, 7) is 15.4. The summed E-state index contributed by atoms with van der Waals surface area (Å²) in [5.74, 6) is 1.92. The first-order valence-electron chi connectivity index (χ1n) is 10.7. The monoisotopic (exact) mass is 403 g/mol. The quantitative estimate of drug-likeness (QED) is 0.512. The van der Waals surface area contributed by atoms with Gasteiger partial charge in [0.05, 0.1) is 13.1 Å². The number of aryl methyl sites for hydroxylation is 1. The van der Waals surface area contributed by atoms with Crippen LogP contribution in [0.25, 0.3) is 0 Å². The molecule has 1 amide bonds. The second-order valence-electron chi connectivity index (χ2n) is 7.87. The fraction of sp³-hybridized carbons (Fsp3) is 0.636. The highest BCUT2D eigenvalue weighted by molar-refractivity contribution is 5.80. The van der Waals surface area contributed by atoms with Gasteiger partial charge in [0.25, 0.3) is 0 Å². The third-order valence-electron chi connectivity index (χ3n) is 4.74. The number of guanidine groups is 1. The summed E-state index contributed by atoms with van der Waals surface area (Å²) in [6, 6.07) is 8.23. The molecule has 0 spiro atoms. The van der Waals surface area contributed by atoms with E-state index >= 15 is 0 Å². The third kappa shape index (κ3) is 7.93. The number of carbonyl (C=O) groups excluding carboxylic acids is 1. The molecule has 2 rings (SSSR count). The number of carbonyl (C=O) groups is 1. The maximum Gasteiger partial charge on any atom is 0.234 e. The number of nitrogens with zero attached hydrogens (tertiary/aromatic N) is 3. The van der Waals surface area contributed by atoms with Crippen LogP contribution in [0, 0.1) is 6.92 Å². The molecule has 0 bridgehead atoms. The minimum Gasteiger partial charge on any atom is -0.489 e. The highest BCUT2D eigenvalue weighted by atomic mass is 16.5. The van der Waals surface area contributed by atoms with Crippen LogP contribution in [0.1, 0.15) is 33.3 Å². The smallest absolute Gasteiger partial charge is 0.234 e. The number of piperazine rings is 1. The van der Waals surface area contributed by atoms with Gasteiger partial charge in [0, 0.05) is 38.8 Å². The molecule has 1 aromatic carbocycles. The Hall–Kier alpha value is -2.28. The molecule has 29 heavy (non-hydrogen) atoms. The van der Waals surface area contributed by atoms with Crippen molar-refractivity contribution in [3.8, 4) is 5.75 Å². The van der Waals surface area contributed by atoms with Gasteiger partial charge < -0.3 is 20.3 Å². The van der Waals surface area contributed by atoms with E-state index in [1.807, 2.05) is 39.0 Å². The Labute approximate surface area is 175 Å². The van der Waals surface area contributed by atoms with E-state index in [1.54, 1.807) is 0 Å². The fourth-order valence-electron chi connectivity index (χ4n) is 3.27. The number of rotatable bonds is 8. The van der Waals surface area contributed by atoms with Gasteiger partial charge in [-0.1, -0.05) is 18.2 Å². The van der Waals surface area contributed by atoms with Crippen molar-refractivity contribution in [3.63, 3.8) is 0 Å². The van der Waals surface area contributed by atoms with Gasteiger partial charge in [0.1, 0.15) is 11.9 Å². The van der Waals surface area contributed by atoms with Gasteiger partial charge in [-0.15, -0.1) is 0 Å². The Bertz CT molecular complexity index is 669. The molecule has 2 N–H and O–H groups in total. The predicted octanol–water partition coefficient (Wildman–Crippen LogP) is 1.87. The van der Waals surface area contributed by atoms with E-state index in [2.05, 4.69) is 40.3 Å². The Morgan fingerprint density at radius 2 is 1.86 bits per heavy atom. The zero-order valence-electron chi connectivity index (χ0n) is 18.6. The van der Waals surface area contributed by atoms with Crippen LogP contribution in [0.15, 0.2) is 29.3 Å². The Kier molecular flexibility index (Phi) is 9.25. The Morgan fingerprint density at radius 3 is 2.48 bits per heavy atom. The van der Waals surface area contributed by atoms with E-state index in [9.17, 15) is 4.79 Å². The normalized spacial score (nSPS) is 16.6. The molecule has 7 nitrogen and oxygen atoms in total. The molecular formula is C22H37N5O2. The summed E-state index contributed by atoms with van der Waals surface area (Å²) < 4.78 is 6.05.